The zero-order valence-electron chi connectivity index (χ0n) is 16.6. The van der Waals surface area contributed by atoms with Crippen molar-refractivity contribution in [3.8, 4) is 11.5 Å². The summed E-state index contributed by atoms with van der Waals surface area (Å²) in [7, 11) is 0. The fourth-order valence-corrected chi connectivity index (χ4v) is 3.42. The van der Waals surface area contributed by atoms with Gasteiger partial charge in [0.1, 0.15) is 5.56 Å². The molecule has 3 aromatic rings. The number of pyridine rings is 1. The summed E-state index contributed by atoms with van der Waals surface area (Å²) in [5.74, 6) is 0.254. The summed E-state index contributed by atoms with van der Waals surface area (Å²) >= 11 is 0. The number of rotatable bonds is 6. The molecule has 0 aliphatic carbocycles. The van der Waals surface area contributed by atoms with Crippen molar-refractivity contribution in [1.29, 1.82) is 0 Å². The molecule has 0 bridgehead atoms. The summed E-state index contributed by atoms with van der Waals surface area (Å²) in [6, 6.07) is 10.4. The molecule has 0 unspecified atom stereocenters. The number of Topliss-reactive ketones (excluding diaryl/α,β-unsaturated/α-hetero) is 1. The first-order chi connectivity index (χ1) is 14.4. The van der Waals surface area contributed by atoms with Gasteiger partial charge in [0.25, 0.3) is 5.56 Å². The lowest BCUT2D eigenvalue weighted by Gasteiger charge is -2.11. The summed E-state index contributed by atoms with van der Waals surface area (Å²) in [5.41, 5.74) is 2.45. The monoisotopic (exact) mass is 408 g/mol. The molecule has 0 saturated heterocycles. The van der Waals surface area contributed by atoms with E-state index in [2.05, 4.69) is 4.98 Å². The predicted molar refractivity (Wildman–Crippen MR) is 107 cm³/mol. The third kappa shape index (κ3) is 3.71. The number of carbonyl (C=O) groups excluding carboxylic acids is 2. The van der Waals surface area contributed by atoms with Crippen LogP contribution in [0.2, 0.25) is 0 Å². The Balaban J connectivity index is 1.47. The van der Waals surface area contributed by atoms with Gasteiger partial charge in [-0.05, 0) is 49.7 Å². The molecule has 0 atom stereocenters. The first-order valence-corrected chi connectivity index (χ1v) is 9.37. The molecule has 1 aromatic carbocycles. The van der Waals surface area contributed by atoms with Crippen LogP contribution in [0.5, 0.6) is 11.5 Å². The van der Waals surface area contributed by atoms with Crippen LogP contribution in [0.4, 0.5) is 0 Å². The maximum absolute atomic E-state index is 12.6. The van der Waals surface area contributed by atoms with Gasteiger partial charge in [0, 0.05) is 29.7 Å². The smallest absolute Gasteiger partial charge is 0.344 e. The van der Waals surface area contributed by atoms with Crippen molar-refractivity contribution in [3.05, 3.63) is 81.0 Å². The van der Waals surface area contributed by atoms with Gasteiger partial charge in [0.05, 0.1) is 0 Å². The number of aromatic nitrogens is 2. The maximum Gasteiger partial charge on any atom is 0.344 e. The lowest BCUT2D eigenvalue weighted by Crippen LogP contribution is -2.21. The highest BCUT2D eigenvalue weighted by molar-refractivity contribution is 6.00. The average molecular weight is 408 g/mol. The van der Waals surface area contributed by atoms with Gasteiger partial charge in [-0.15, -0.1) is 0 Å². The number of esters is 1. The molecule has 0 fully saturated rings. The Morgan fingerprint density at radius 3 is 2.70 bits per heavy atom. The maximum atomic E-state index is 12.6. The van der Waals surface area contributed by atoms with Gasteiger partial charge in [0.15, 0.2) is 18.1 Å². The Labute approximate surface area is 172 Å². The standard InChI is InChI=1S/C22H20N2O6/c1-13-8-17(18(25)11-28-22(27)16-4-3-7-23-21(16)26)14(2)24(13)10-15-5-6-19-20(9-15)30-12-29-19/h3-9H,10-12H2,1-2H3,(H,23,26). The Morgan fingerprint density at radius 1 is 1.10 bits per heavy atom. The molecular formula is C22H20N2O6. The highest BCUT2D eigenvalue weighted by Gasteiger charge is 2.20. The van der Waals surface area contributed by atoms with E-state index in [4.69, 9.17) is 14.2 Å². The quantitative estimate of drug-likeness (QED) is 0.497. The average Bonchev–Trinajstić information content (AvgIpc) is 3.31. The van der Waals surface area contributed by atoms with Crippen molar-refractivity contribution in [2.75, 3.05) is 13.4 Å². The SMILES string of the molecule is Cc1cc(C(=O)COC(=O)c2ccc[nH]c2=O)c(C)n1Cc1ccc2c(c1)OCO2. The van der Waals surface area contributed by atoms with Crippen molar-refractivity contribution in [1.82, 2.24) is 9.55 Å². The molecule has 1 aliphatic rings. The number of nitrogens with zero attached hydrogens (tertiary/aromatic N) is 1. The minimum Gasteiger partial charge on any atom is -0.454 e. The molecule has 0 radical (unpaired) electrons. The summed E-state index contributed by atoms with van der Waals surface area (Å²) in [4.78, 5) is 38.8. The number of nitrogens with one attached hydrogen (secondary N) is 1. The third-order valence-corrected chi connectivity index (χ3v) is 5.02. The molecule has 0 saturated carbocycles. The van der Waals surface area contributed by atoms with Crippen LogP contribution in [0.15, 0.2) is 47.4 Å². The van der Waals surface area contributed by atoms with E-state index in [1.165, 1.54) is 18.3 Å². The fraction of sp³-hybridized carbons (Fsp3) is 0.227. The molecule has 154 valence electrons. The molecule has 8 heteroatoms. The number of ether oxygens (including phenoxy) is 3. The molecule has 0 spiro atoms. The lowest BCUT2D eigenvalue weighted by atomic mass is 10.1. The van der Waals surface area contributed by atoms with Crippen LogP contribution in [0.25, 0.3) is 0 Å². The first kappa shape index (κ1) is 19.5. The number of carbonyl (C=O) groups is 2. The lowest BCUT2D eigenvalue weighted by molar-refractivity contribution is 0.0472. The molecule has 8 nitrogen and oxygen atoms in total. The Bertz CT molecular complexity index is 1190. The van der Waals surface area contributed by atoms with Crippen molar-refractivity contribution in [2.45, 2.75) is 20.4 Å². The van der Waals surface area contributed by atoms with E-state index in [9.17, 15) is 14.4 Å². The predicted octanol–water partition coefficient (Wildman–Crippen LogP) is 2.61. The van der Waals surface area contributed by atoms with Crippen molar-refractivity contribution in [2.24, 2.45) is 0 Å². The molecule has 1 N–H and O–H groups in total. The van der Waals surface area contributed by atoms with Gasteiger partial charge in [-0.3, -0.25) is 9.59 Å². The summed E-state index contributed by atoms with van der Waals surface area (Å²) in [5, 5.41) is 0. The number of benzene rings is 1. The second-order valence-electron chi connectivity index (χ2n) is 6.97. The Hall–Kier alpha value is -3.81. The topological polar surface area (TPSA) is 99.6 Å². The van der Waals surface area contributed by atoms with Gasteiger partial charge in [-0.1, -0.05) is 6.07 Å². The molecular weight excluding hydrogens is 388 g/mol. The van der Waals surface area contributed by atoms with Gasteiger partial charge in [0.2, 0.25) is 12.6 Å². The molecule has 2 aromatic heterocycles. The first-order valence-electron chi connectivity index (χ1n) is 9.37. The van der Waals surface area contributed by atoms with Crippen LogP contribution in [0, 0.1) is 13.8 Å². The normalized spacial score (nSPS) is 12.1. The number of ketones is 1. The summed E-state index contributed by atoms with van der Waals surface area (Å²) in [6.07, 6.45) is 1.42. The highest BCUT2D eigenvalue weighted by Crippen LogP contribution is 2.33. The van der Waals surface area contributed by atoms with E-state index in [0.717, 1.165) is 22.7 Å². The number of hydrogen-bond donors (Lipinski definition) is 1. The number of fused-ring (bicyclic) bond motifs is 1. The van der Waals surface area contributed by atoms with E-state index in [-0.39, 0.29) is 18.1 Å². The van der Waals surface area contributed by atoms with Crippen molar-refractivity contribution < 1.29 is 23.8 Å². The number of aryl methyl sites for hydroxylation is 1. The molecule has 30 heavy (non-hydrogen) atoms. The van der Waals surface area contributed by atoms with Crippen molar-refractivity contribution >= 4 is 11.8 Å². The van der Waals surface area contributed by atoms with E-state index >= 15 is 0 Å². The summed E-state index contributed by atoms with van der Waals surface area (Å²) < 4.78 is 17.8. The fourth-order valence-electron chi connectivity index (χ4n) is 3.42. The second-order valence-corrected chi connectivity index (χ2v) is 6.97. The molecule has 1 aliphatic heterocycles. The van der Waals surface area contributed by atoms with Gasteiger partial charge < -0.3 is 23.8 Å². The molecule has 3 heterocycles. The number of H-pyrrole nitrogens is 1. The van der Waals surface area contributed by atoms with E-state index in [0.29, 0.717) is 17.9 Å². The number of hydrogen-bond acceptors (Lipinski definition) is 6. The summed E-state index contributed by atoms with van der Waals surface area (Å²) in [6.45, 7) is 4.08. The Morgan fingerprint density at radius 2 is 1.90 bits per heavy atom. The van der Waals surface area contributed by atoms with Gasteiger partial charge in [-0.25, -0.2) is 4.79 Å². The van der Waals surface area contributed by atoms with Crippen LogP contribution in [0.1, 0.15) is 37.7 Å². The second kappa shape index (κ2) is 7.90. The van der Waals surface area contributed by atoms with Crippen molar-refractivity contribution in [3.63, 3.8) is 0 Å². The van der Waals surface area contributed by atoms with Gasteiger partial charge in [-0.2, -0.15) is 0 Å². The zero-order valence-corrected chi connectivity index (χ0v) is 16.6. The largest absolute Gasteiger partial charge is 0.454 e. The minimum atomic E-state index is -0.834. The zero-order chi connectivity index (χ0) is 21.3. The third-order valence-electron chi connectivity index (χ3n) is 5.02. The van der Waals surface area contributed by atoms with Crippen LogP contribution in [0.3, 0.4) is 0 Å². The van der Waals surface area contributed by atoms with E-state index in [1.807, 2.05) is 36.6 Å². The van der Waals surface area contributed by atoms with Gasteiger partial charge >= 0.3 is 5.97 Å². The molecule has 0 amide bonds. The van der Waals surface area contributed by atoms with Crippen LogP contribution in [-0.2, 0) is 11.3 Å². The van der Waals surface area contributed by atoms with E-state index < -0.39 is 18.1 Å². The Kier molecular flexibility index (Phi) is 5.14. The minimum absolute atomic E-state index is 0.140. The number of aromatic amines is 1. The van der Waals surface area contributed by atoms with Crippen LogP contribution < -0.4 is 15.0 Å². The van der Waals surface area contributed by atoms with E-state index in [1.54, 1.807) is 6.07 Å². The highest BCUT2D eigenvalue weighted by atomic mass is 16.7. The van der Waals surface area contributed by atoms with Crippen LogP contribution >= 0.6 is 0 Å². The van der Waals surface area contributed by atoms with Crippen LogP contribution in [-0.4, -0.2) is 34.7 Å². The molecule has 4 rings (SSSR count).